The fourth-order valence-electron chi connectivity index (χ4n) is 1.20. The largest absolute Gasteiger partial charge is 0.328 e. The molecule has 0 aliphatic heterocycles. The zero-order chi connectivity index (χ0) is 12.4. The number of anilines is 1. The molecule has 0 atom stereocenters. The minimum Gasteiger partial charge on any atom is -0.315 e. The third-order valence-corrected chi connectivity index (χ3v) is 2.79. The van der Waals surface area contributed by atoms with Gasteiger partial charge in [0.25, 0.3) is 5.91 Å². The maximum atomic E-state index is 11.8. The zero-order valence-corrected chi connectivity index (χ0v) is 11.9. The van der Waals surface area contributed by atoms with Crippen LogP contribution in [0.2, 0.25) is 0 Å². The topological polar surface area (TPSA) is 68.0 Å². The number of halogens is 2. The summed E-state index contributed by atoms with van der Waals surface area (Å²) >= 11 is 6.62. The number of carbonyl (C=O) groups excluding carboxylic acids is 1. The number of nitrogens with one attached hydrogen (secondary N) is 1. The van der Waals surface area contributed by atoms with Gasteiger partial charge in [-0.15, -0.1) is 0 Å². The maximum absolute atomic E-state index is 11.8. The summed E-state index contributed by atoms with van der Waals surface area (Å²) in [6, 6.07) is 5.32. The van der Waals surface area contributed by atoms with Crippen molar-refractivity contribution in [1.82, 2.24) is 10.1 Å². The molecule has 0 fully saturated rings. The number of hydrogen-bond donors (Lipinski definition) is 1. The lowest BCUT2D eigenvalue weighted by molar-refractivity contribution is 0.102. The molecule has 1 aromatic carbocycles. The highest BCUT2D eigenvalue weighted by Gasteiger charge is 2.11. The van der Waals surface area contributed by atoms with Crippen molar-refractivity contribution in [2.45, 2.75) is 6.92 Å². The fraction of sp³-hybridized carbons (Fsp3) is 0.100. The fourth-order valence-corrected chi connectivity index (χ4v) is 2.50. The van der Waals surface area contributed by atoms with Crippen molar-refractivity contribution in [1.29, 1.82) is 0 Å². The number of rotatable bonds is 2. The molecule has 0 radical (unpaired) electrons. The molecule has 2 aromatic rings. The average molecular weight is 361 g/mol. The predicted molar refractivity (Wildman–Crippen MR) is 68.8 cm³/mol. The number of amides is 1. The molecule has 0 spiro atoms. The van der Waals surface area contributed by atoms with Crippen molar-refractivity contribution in [3.63, 3.8) is 0 Å². The van der Waals surface area contributed by atoms with Crippen LogP contribution in [0.4, 0.5) is 6.01 Å². The van der Waals surface area contributed by atoms with E-state index in [1.807, 2.05) is 6.07 Å². The molecule has 0 saturated carbocycles. The van der Waals surface area contributed by atoms with Gasteiger partial charge >= 0.3 is 6.01 Å². The standard InChI is InChI=1S/C10H7Br2N3O2/c1-5-13-10(17-15-5)14-9(16)6-2-7(11)4-8(12)3-6/h2-4H,1H3,(H,13,14,15,16). The minimum atomic E-state index is -0.310. The van der Waals surface area contributed by atoms with Crippen molar-refractivity contribution in [2.24, 2.45) is 0 Å². The Balaban J connectivity index is 2.19. The summed E-state index contributed by atoms with van der Waals surface area (Å²) in [5.41, 5.74) is 0.488. The molecule has 1 aromatic heterocycles. The summed E-state index contributed by atoms with van der Waals surface area (Å²) in [5, 5.41) is 6.09. The van der Waals surface area contributed by atoms with Crippen LogP contribution in [0.5, 0.6) is 0 Å². The first-order valence-electron chi connectivity index (χ1n) is 4.62. The van der Waals surface area contributed by atoms with E-state index < -0.39 is 0 Å². The van der Waals surface area contributed by atoms with Gasteiger partial charge in [-0.2, -0.15) is 4.98 Å². The van der Waals surface area contributed by atoms with Gasteiger partial charge in [0.15, 0.2) is 5.82 Å². The van der Waals surface area contributed by atoms with Crippen molar-refractivity contribution in [2.75, 3.05) is 5.32 Å². The van der Waals surface area contributed by atoms with Gasteiger partial charge in [-0.25, -0.2) is 0 Å². The monoisotopic (exact) mass is 359 g/mol. The summed E-state index contributed by atoms with van der Waals surface area (Å²) in [7, 11) is 0. The smallest absolute Gasteiger partial charge is 0.315 e. The Hall–Kier alpha value is -1.21. The number of aromatic nitrogens is 2. The molecule has 5 nitrogen and oxygen atoms in total. The molecule has 88 valence electrons. The average Bonchev–Trinajstić information content (AvgIpc) is 2.62. The van der Waals surface area contributed by atoms with Crippen LogP contribution in [0, 0.1) is 6.92 Å². The number of benzene rings is 1. The van der Waals surface area contributed by atoms with Gasteiger partial charge < -0.3 is 4.52 Å². The normalized spacial score (nSPS) is 10.3. The summed E-state index contributed by atoms with van der Waals surface area (Å²) in [6.45, 7) is 1.68. The van der Waals surface area contributed by atoms with Crippen LogP contribution in [0.25, 0.3) is 0 Å². The molecular weight excluding hydrogens is 354 g/mol. The van der Waals surface area contributed by atoms with Crippen LogP contribution in [0.15, 0.2) is 31.7 Å². The first kappa shape index (κ1) is 12.3. The van der Waals surface area contributed by atoms with E-state index >= 15 is 0 Å². The SMILES string of the molecule is Cc1noc(NC(=O)c2cc(Br)cc(Br)c2)n1. The summed E-state index contributed by atoms with van der Waals surface area (Å²) in [6.07, 6.45) is 0. The third kappa shape index (κ3) is 3.13. The van der Waals surface area contributed by atoms with Gasteiger partial charge in [0.05, 0.1) is 0 Å². The second-order valence-electron chi connectivity index (χ2n) is 3.26. The molecule has 1 N–H and O–H groups in total. The molecule has 1 amide bonds. The van der Waals surface area contributed by atoms with Crippen molar-refractivity contribution in [3.8, 4) is 0 Å². The van der Waals surface area contributed by atoms with Crippen LogP contribution >= 0.6 is 31.9 Å². The van der Waals surface area contributed by atoms with Crippen molar-refractivity contribution in [3.05, 3.63) is 38.5 Å². The van der Waals surface area contributed by atoms with Crippen LogP contribution in [0.3, 0.4) is 0 Å². The number of carbonyl (C=O) groups is 1. The Morgan fingerprint density at radius 2 is 1.94 bits per heavy atom. The zero-order valence-electron chi connectivity index (χ0n) is 8.70. The highest BCUT2D eigenvalue weighted by atomic mass is 79.9. The van der Waals surface area contributed by atoms with Gasteiger partial charge in [-0.05, 0) is 25.1 Å². The highest BCUT2D eigenvalue weighted by molar-refractivity contribution is 9.11. The molecule has 0 bridgehead atoms. The Morgan fingerprint density at radius 3 is 2.47 bits per heavy atom. The van der Waals surface area contributed by atoms with Crippen molar-refractivity contribution < 1.29 is 9.32 Å². The van der Waals surface area contributed by atoms with Gasteiger partial charge in [0.1, 0.15) is 0 Å². The third-order valence-electron chi connectivity index (χ3n) is 1.87. The van der Waals surface area contributed by atoms with E-state index in [1.165, 1.54) is 0 Å². The van der Waals surface area contributed by atoms with Crippen LogP contribution < -0.4 is 5.32 Å². The molecule has 0 aliphatic carbocycles. The molecule has 0 saturated heterocycles. The molecular formula is C10H7Br2N3O2. The quantitative estimate of drug-likeness (QED) is 0.893. The second kappa shape index (κ2) is 4.97. The lowest BCUT2D eigenvalue weighted by Gasteiger charge is -2.02. The van der Waals surface area contributed by atoms with Gasteiger partial charge in [0, 0.05) is 14.5 Å². The Kier molecular flexibility index (Phi) is 3.58. The lowest BCUT2D eigenvalue weighted by Crippen LogP contribution is -2.12. The first-order valence-corrected chi connectivity index (χ1v) is 6.21. The predicted octanol–water partition coefficient (Wildman–Crippen LogP) is 3.16. The number of hydrogen-bond acceptors (Lipinski definition) is 4. The molecule has 2 rings (SSSR count). The molecule has 0 aliphatic rings. The van der Waals surface area contributed by atoms with E-state index in [0.717, 1.165) is 8.95 Å². The van der Waals surface area contributed by atoms with Crippen molar-refractivity contribution >= 4 is 43.8 Å². The Bertz CT molecular complexity index is 548. The Labute approximate surface area is 114 Å². The van der Waals surface area contributed by atoms with Crippen LogP contribution in [0.1, 0.15) is 16.2 Å². The molecule has 0 unspecified atom stereocenters. The summed E-state index contributed by atoms with van der Waals surface area (Å²) in [4.78, 5) is 15.7. The first-order chi connectivity index (χ1) is 8.04. The van der Waals surface area contributed by atoms with E-state index in [2.05, 4.69) is 47.3 Å². The molecule has 17 heavy (non-hydrogen) atoms. The number of nitrogens with zero attached hydrogens (tertiary/aromatic N) is 2. The van der Waals surface area contributed by atoms with E-state index in [1.54, 1.807) is 19.1 Å². The van der Waals surface area contributed by atoms with E-state index in [4.69, 9.17) is 4.52 Å². The lowest BCUT2D eigenvalue weighted by atomic mass is 10.2. The van der Waals surface area contributed by atoms with Gasteiger partial charge in [-0.1, -0.05) is 37.0 Å². The molecule has 7 heteroatoms. The maximum Gasteiger partial charge on any atom is 0.328 e. The van der Waals surface area contributed by atoms with E-state index in [-0.39, 0.29) is 11.9 Å². The van der Waals surface area contributed by atoms with E-state index in [9.17, 15) is 4.79 Å². The van der Waals surface area contributed by atoms with Gasteiger partial charge in [0.2, 0.25) is 0 Å². The Morgan fingerprint density at radius 1 is 1.29 bits per heavy atom. The van der Waals surface area contributed by atoms with E-state index in [0.29, 0.717) is 11.4 Å². The summed E-state index contributed by atoms with van der Waals surface area (Å²) in [5.74, 6) is 0.159. The van der Waals surface area contributed by atoms with Crippen LogP contribution in [-0.2, 0) is 0 Å². The van der Waals surface area contributed by atoms with Gasteiger partial charge in [-0.3, -0.25) is 10.1 Å². The minimum absolute atomic E-state index is 0.0867. The number of aryl methyl sites for hydroxylation is 1. The summed E-state index contributed by atoms with van der Waals surface area (Å²) < 4.78 is 6.41. The molecule has 1 heterocycles. The highest BCUT2D eigenvalue weighted by Crippen LogP contribution is 2.20. The van der Waals surface area contributed by atoms with Crippen LogP contribution in [-0.4, -0.2) is 16.0 Å². The second-order valence-corrected chi connectivity index (χ2v) is 5.09.